The van der Waals surface area contributed by atoms with Gasteiger partial charge in [0.2, 0.25) is 11.9 Å². The van der Waals surface area contributed by atoms with Gasteiger partial charge in [-0.3, -0.25) is 4.57 Å². The van der Waals surface area contributed by atoms with Crippen LogP contribution in [0.1, 0.15) is 39.2 Å². The van der Waals surface area contributed by atoms with Gasteiger partial charge < -0.3 is 15.5 Å². The number of nitrogens with one attached hydrogen (secondary N) is 2. The zero-order valence-corrected chi connectivity index (χ0v) is 17.0. The first kappa shape index (κ1) is 19.6. The Kier molecular flexibility index (Phi) is 5.89. The van der Waals surface area contributed by atoms with Crippen LogP contribution in [0, 0.1) is 5.82 Å². The molecule has 8 heteroatoms. The Bertz CT molecular complexity index is 963. The standard InChI is InChI=1S/C21H28FN7/c1-15(2)29-19-18(26-21(29)25-17-9-5-4-8-16(17)22)14-24-20(27-19)23-10-13-28-11-6-3-7-12-28/h4-5,8-9,14-15H,3,6-7,10-13H2,1-2H3,(H,25,26)(H,23,24,27). The third kappa shape index (κ3) is 4.48. The Morgan fingerprint density at radius 2 is 1.90 bits per heavy atom. The second-order valence-corrected chi connectivity index (χ2v) is 7.74. The lowest BCUT2D eigenvalue weighted by Crippen LogP contribution is -2.33. The monoisotopic (exact) mass is 397 g/mol. The van der Waals surface area contributed by atoms with E-state index in [1.165, 1.54) is 38.4 Å². The van der Waals surface area contributed by atoms with Gasteiger partial charge in [0.25, 0.3) is 0 Å². The number of hydrogen-bond acceptors (Lipinski definition) is 6. The lowest BCUT2D eigenvalue weighted by Gasteiger charge is -2.26. The SMILES string of the molecule is CC(C)n1c(Nc2ccccc2F)nc2cnc(NCCN3CCCCC3)nc21. The number of halogens is 1. The van der Waals surface area contributed by atoms with Crippen molar-refractivity contribution in [3.05, 3.63) is 36.3 Å². The summed E-state index contributed by atoms with van der Waals surface area (Å²) in [5, 5.41) is 6.43. The molecule has 1 aromatic carbocycles. The highest BCUT2D eigenvalue weighted by Gasteiger charge is 2.17. The second-order valence-electron chi connectivity index (χ2n) is 7.74. The van der Waals surface area contributed by atoms with Crippen molar-refractivity contribution in [3.8, 4) is 0 Å². The molecule has 1 fully saturated rings. The van der Waals surface area contributed by atoms with Crippen molar-refractivity contribution < 1.29 is 4.39 Å². The average molecular weight is 398 g/mol. The quantitative estimate of drug-likeness (QED) is 0.623. The Balaban J connectivity index is 1.53. The maximum absolute atomic E-state index is 14.1. The maximum atomic E-state index is 14.1. The van der Waals surface area contributed by atoms with Crippen molar-refractivity contribution in [1.29, 1.82) is 0 Å². The molecule has 1 aliphatic rings. The summed E-state index contributed by atoms with van der Waals surface area (Å²) in [5.41, 5.74) is 1.80. The third-order valence-corrected chi connectivity index (χ3v) is 5.23. The Morgan fingerprint density at radius 1 is 1.10 bits per heavy atom. The molecule has 0 spiro atoms. The van der Waals surface area contributed by atoms with E-state index in [4.69, 9.17) is 0 Å². The minimum atomic E-state index is -0.319. The summed E-state index contributed by atoms with van der Waals surface area (Å²) in [6.07, 6.45) is 5.63. The number of rotatable bonds is 7. The number of likely N-dealkylation sites (tertiary alicyclic amines) is 1. The van der Waals surface area contributed by atoms with Crippen LogP contribution < -0.4 is 10.6 Å². The van der Waals surface area contributed by atoms with Gasteiger partial charge in [0, 0.05) is 19.1 Å². The van der Waals surface area contributed by atoms with Gasteiger partial charge in [-0.1, -0.05) is 18.6 Å². The van der Waals surface area contributed by atoms with E-state index in [0.717, 1.165) is 18.7 Å². The summed E-state index contributed by atoms with van der Waals surface area (Å²) in [7, 11) is 0. The third-order valence-electron chi connectivity index (χ3n) is 5.23. The molecule has 3 heterocycles. The molecule has 29 heavy (non-hydrogen) atoms. The number of benzene rings is 1. The number of anilines is 3. The molecule has 2 aromatic heterocycles. The second kappa shape index (κ2) is 8.73. The minimum Gasteiger partial charge on any atom is -0.353 e. The molecule has 4 rings (SSSR count). The Morgan fingerprint density at radius 3 is 2.66 bits per heavy atom. The first-order chi connectivity index (χ1) is 14.1. The summed E-state index contributed by atoms with van der Waals surface area (Å²) in [6.45, 7) is 8.25. The van der Waals surface area contributed by atoms with Crippen LogP contribution in [0.4, 0.5) is 22.0 Å². The van der Waals surface area contributed by atoms with Gasteiger partial charge >= 0.3 is 0 Å². The molecular formula is C21H28FN7. The van der Waals surface area contributed by atoms with Crippen molar-refractivity contribution in [2.45, 2.75) is 39.2 Å². The van der Waals surface area contributed by atoms with Crippen LogP contribution in [0.2, 0.25) is 0 Å². The maximum Gasteiger partial charge on any atom is 0.224 e. The molecule has 0 atom stereocenters. The highest BCUT2D eigenvalue weighted by molar-refractivity contribution is 5.76. The van der Waals surface area contributed by atoms with Gasteiger partial charge in [-0.2, -0.15) is 4.98 Å². The minimum absolute atomic E-state index is 0.102. The van der Waals surface area contributed by atoms with Crippen molar-refractivity contribution >= 4 is 28.7 Å². The van der Waals surface area contributed by atoms with Crippen molar-refractivity contribution in [1.82, 2.24) is 24.4 Å². The molecule has 0 radical (unpaired) electrons. The van der Waals surface area contributed by atoms with Crippen LogP contribution >= 0.6 is 0 Å². The fraction of sp³-hybridized carbons (Fsp3) is 0.476. The molecule has 7 nitrogen and oxygen atoms in total. The van der Waals surface area contributed by atoms with Crippen molar-refractivity contribution in [2.75, 3.05) is 36.8 Å². The Hall–Kier alpha value is -2.74. The number of imidazole rings is 1. The molecule has 1 saturated heterocycles. The van der Waals surface area contributed by atoms with Crippen molar-refractivity contribution in [3.63, 3.8) is 0 Å². The molecule has 0 amide bonds. The molecular weight excluding hydrogens is 369 g/mol. The normalized spacial score (nSPS) is 15.2. The fourth-order valence-corrected chi connectivity index (χ4v) is 3.75. The van der Waals surface area contributed by atoms with Gasteiger partial charge in [0.15, 0.2) is 5.65 Å². The summed E-state index contributed by atoms with van der Waals surface area (Å²) in [6, 6.07) is 6.68. The van der Waals surface area contributed by atoms with Crippen molar-refractivity contribution in [2.24, 2.45) is 0 Å². The van der Waals surface area contributed by atoms with E-state index >= 15 is 0 Å². The average Bonchev–Trinajstić information content (AvgIpc) is 3.08. The molecule has 154 valence electrons. The first-order valence-electron chi connectivity index (χ1n) is 10.3. The van der Waals surface area contributed by atoms with Gasteiger partial charge in [-0.15, -0.1) is 0 Å². The van der Waals surface area contributed by atoms with Crippen LogP contribution in [-0.2, 0) is 0 Å². The lowest BCUT2D eigenvalue weighted by molar-refractivity contribution is 0.237. The van der Waals surface area contributed by atoms with E-state index in [2.05, 4.69) is 44.3 Å². The van der Waals surface area contributed by atoms with Gasteiger partial charge in [0.05, 0.1) is 11.9 Å². The molecule has 0 saturated carbocycles. The van der Waals surface area contributed by atoms with Crippen LogP contribution in [0.15, 0.2) is 30.5 Å². The van der Waals surface area contributed by atoms with Crippen LogP contribution in [-0.4, -0.2) is 50.6 Å². The van der Waals surface area contributed by atoms with Crippen LogP contribution in [0.3, 0.4) is 0 Å². The van der Waals surface area contributed by atoms with E-state index in [1.807, 2.05) is 4.57 Å². The number of aromatic nitrogens is 4. The topological polar surface area (TPSA) is 70.9 Å². The number of piperidine rings is 1. The van der Waals surface area contributed by atoms with Crippen LogP contribution in [0.5, 0.6) is 0 Å². The van der Waals surface area contributed by atoms with E-state index < -0.39 is 0 Å². The van der Waals surface area contributed by atoms with E-state index in [-0.39, 0.29) is 11.9 Å². The zero-order chi connectivity index (χ0) is 20.2. The first-order valence-corrected chi connectivity index (χ1v) is 10.3. The lowest BCUT2D eigenvalue weighted by atomic mass is 10.1. The number of fused-ring (bicyclic) bond motifs is 1. The predicted octanol–water partition coefficient (Wildman–Crippen LogP) is 4.19. The molecule has 1 aliphatic heterocycles. The Labute approximate surface area is 170 Å². The summed E-state index contributed by atoms with van der Waals surface area (Å²) < 4.78 is 16.1. The fourth-order valence-electron chi connectivity index (χ4n) is 3.75. The van der Waals surface area contributed by atoms with E-state index in [1.54, 1.807) is 24.4 Å². The molecule has 2 N–H and O–H groups in total. The van der Waals surface area contributed by atoms with Gasteiger partial charge in [-0.05, 0) is 51.9 Å². The number of hydrogen-bond donors (Lipinski definition) is 2. The smallest absolute Gasteiger partial charge is 0.224 e. The number of nitrogens with zero attached hydrogens (tertiary/aromatic N) is 5. The molecule has 3 aromatic rings. The largest absolute Gasteiger partial charge is 0.353 e. The summed E-state index contributed by atoms with van der Waals surface area (Å²) >= 11 is 0. The van der Waals surface area contributed by atoms with E-state index in [0.29, 0.717) is 23.1 Å². The van der Waals surface area contributed by atoms with E-state index in [9.17, 15) is 4.39 Å². The van der Waals surface area contributed by atoms with Gasteiger partial charge in [0.1, 0.15) is 11.3 Å². The highest BCUT2D eigenvalue weighted by atomic mass is 19.1. The molecule has 0 aliphatic carbocycles. The summed E-state index contributed by atoms with van der Waals surface area (Å²) in [4.78, 5) is 16.2. The molecule has 0 bridgehead atoms. The predicted molar refractivity (Wildman–Crippen MR) is 114 cm³/mol. The van der Waals surface area contributed by atoms with Crippen LogP contribution in [0.25, 0.3) is 11.2 Å². The zero-order valence-electron chi connectivity index (χ0n) is 17.0. The summed E-state index contributed by atoms with van der Waals surface area (Å²) in [5.74, 6) is 0.828. The number of para-hydroxylation sites is 1. The molecule has 0 unspecified atom stereocenters. The highest BCUT2D eigenvalue weighted by Crippen LogP contribution is 2.26. The van der Waals surface area contributed by atoms with Gasteiger partial charge in [-0.25, -0.2) is 14.4 Å².